The second kappa shape index (κ2) is 11.8. The molecule has 0 unspecified atom stereocenters. The molecule has 0 spiro atoms. The van der Waals surface area contributed by atoms with Crippen molar-refractivity contribution in [3.05, 3.63) is 99.5 Å². The molecule has 0 saturated carbocycles. The minimum Gasteiger partial charge on any atom is -0.464 e. The fourth-order valence-electron chi connectivity index (χ4n) is 3.65. The molecular weight excluding hydrogens is 434 g/mol. The van der Waals surface area contributed by atoms with Crippen molar-refractivity contribution in [1.29, 1.82) is 0 Å². The highest BCUT2D eigenvalue weighted by Crippen LogP contribution is 2.15. The van der Waals surface area contributed by atoms with Crippen molar-refractivity contribution >= 4 is 17.5 Å². The number of rotatable bonds is 11. The SMILES string of the molecule is CCCN(CC(=O)N(CCc1ccccc1)Cc1ccc(C)o1)C(=O)c1ccc([N+](=O)[O-])cc1. The smallest absolute Gasteiger partial charge is 0.269 e. The first-order chi connectivity index (χ1) is 16.4. The number of nitro groups is 1. The number of amides is 2. The van der Waals surface area contributed by atoms with Crippen LogP contribution in [0.2, 0.25) is 0 Å². The Morgan fingerprint density at radius 1 is 0.941 bits per heavy atom. The molecule has 0 saturated heterocycles. The Morgan fingerprint density at radius 3 is 2.24 bits per heavy atom. The van der Waals surface area contributed by atoms with Gasteiger partial charge in [-0.25, -0.2) is 0 Å². The summed E-state index contributed by atoms with van der Waals surface area (Å²) in [6.07, 6.45) is 1.35. The highest BCUT2D eigenvalue weighted by molar-refractivity contribution is 5.96. The van der Waals surface area contributed by atoms with Crippen LogP contribution in [-0.2, 0) is 17.8 Å². The number of furan rings is 1. The van der Waals surface area contributed by atoms with E-state index in [2.05, 4.69) is 0 Å². The van der Waals surface area contributed by atoms with Crippen LogP contribution in [0.3, 0.4) is 0 Å². The van der Waals surface area contributed by atoms with Crippen LogP contribution in [0, 0.1) is 17.0 Å². The summed E-state index contributed by atoms with van der Waals surface area (Å²) in [5.74, 6) is 0.935. The minimum absolute atomic E-state index is 0.0852. The molecule has 0 atom stereocenters. The van der Waals surface area contributed by atoms with Crippen LogP contribution in [0.5, 0.6) is 0 Å². The summed E-state index contributed by atoms with van der Waals surface area (Å²) in [7, 11) is 0. The molecule has 0 aliphatic heterocycles. The first-order valence-corrected chi connectivity index (χ1v) is 11.3. The van der Waals surface area contributed by atoms with Gasteiger partial charge in [-0.3, -0.25) is 19.7 Å². The molecule has 0 aliphatic rings. The maximum Gasteiger partial charge on any atom is 0.269 e. The number of carbonyl (C=O) groups is 2. The fourth-order valence-corrected chi connectivity index (χ4v) is 3.65. The summed E-state index contributed by atoms with van der Waals surface area (Å²) in [5.41, 5.74) is 1.34. The maximum atomic E-state index is 13.3. The molecule has 178 valence electrons. The van der Waals surface area contributed by atoms with Gasteiger partial charge in [0.1, 0.15) is 18.1 Å². The summed E-state index contributed by atoms with van der Waals surface area (Å²) < 4.78 is 5.69. The van der Waals surface area contributed by atoms with E-state index in [1.807, 2.05) is 56.3 Å². The molecule has 0 radical (unpaired) electrons. The van der Waals surface area contributed by atoms with Gasteiger partial charge in [-0.05, 0) is 49.6 Å². The third-order valence-corrected chi connectivity index (χ3v) is 5.44. The van der Waals surface area contributed by atoms with Crippen molar-refractivity contribution in [1.82, 2.24) is 9.80 Å². The topological polar surface area (TPSA) is 96.9 Å². The largest absolute Gasteiger partial charge is 0.464 e. The predicted octanol–water partition coefficient (Wildman–Crippen LogP) is 4.62. The van der Waals surface area contributed by atoms with Crippen LogP contribution in [0.4, 0.5) is 5.69 Å². The van der Waals surface area contributed by atoms with Gasteiger partial charge in [0.15, 0.2) is 0 Å². The molecule has 8 heteroatoms. The lowest BCUT2D eigenvalue weighted by Gasteiger charge is -2.27. The summed E-state index contributed by atoms with van der Waals surface area (Å²) in [5, 5.41) is 10.9. The van der Waals surface area contributed by atoms with Gasteiger partial charge >= 0.3 is 0 Å². The zero-order valence-corrected chi connectivity index (χ0v) is 19.5. The number of non-ortho nitro benzene ring substituents is 1. The Hall–Kier alpha value is -3.94. The van der Waals surface area contributed by atoms with Crippen molar-refractivity contribution in [2.75, 3.05) is 19.6 Å². The van der Waals surface area contributed by atoms with Crippen molar-refractivity contribution in [3.8, 4) is 0 Å². The van der Waals surface area contributed by atoms with Gasteiger partial charge < -0.3 is 14.2 Å². The lowest BCUT2D eigenvalue weighted by molar-refractivity contribution is -0.384. The minimum atomic E-state index is -0.511. The van der Waals surface area contributed by atoms with E-state index in [4.69, 9.17) is 4.42 Å². The molecular formula is C26H29N3O5. The van der Waals surface area contributed by atoms with Crippen LogP contribution in [-0.4, -0.2) is 46.2 Å². The molecule has 1 heterocycles. The van der Waals surface area contributed by atoms with Gasteiger partial charge in [0.2, 0.25) is 5.91 Å². The van der Waals surface area contributed by atoms with E-state index in [1.54, 1.807) is 4.90 Å². The summed E-state index contributed by atoms with van der Waals surface area (Å²) >= 11 is 0. The van der Waals surface area contributed by atoms with Crippen molar-refractivity contribution in [2.45, 2.75) is 33.2 Å². The number of aryl methyl sites for hydroxylation is 1. The third kappa shape index (κ3) is 6.78. The summed E-state index contributed by atoms with van der Waals surface area (Å²) in [6, 6.07) is 19.0. The normalized spacial score (nSPS) is 10.6. The zero-order chi connectivity index (χ0) is 24.5. The van der Waals surface area contributed by atoms with Crippen LogP contribution < -0.4 is 0 Å². The lowest BCUT2D eigenvalue weighted by atomic mass is 10.1. The van der Waals surface area contributed by atoms with Gasteiger partial charge in [0, 0.05) is 30.8 Å². The first kappa shape index (κ1) is 24.7. The van der Waals surface area contributed by atoms with Crippen molar-refractivity contribution in [2.24, 2.45) is 0 Å². The van der Waals surface area contributed by atoms with Gasteiger partial charge in [-0.2, -0.15) is 0 Å². The molecule has 8 nitrogen and oxygen atoms in total. The summed E-state index contributed by atoms with van der Waals surface area (Å²) in [4.78, 5) is 40.0. The average Bonchev–Trinajstić information content (AvgIpc) is 3.26. The lowest BCUT2D eigenvalue weighted by Crippen LogP contribution is -2.43. The standard InChI is InChI=1S/C26H29N3O5/c1-3-16-28(26(31)22-10-12-23(13-11-22)29(32)33)19-25(30)27(18-24-14-9-20(2)34-24)17-15-21-7-5-4-6-8-21/h4-14H,3,15-19H2,1-2H3. The number of nitrogens with zero attached hydrogens (tertiary/aromatic N) is 3. The van der Waals surface area contributed by atoms with Crippen LogP contribution in [0.25, 0.3) is 0 Å². The van der Waals surface area contributed by atoms with E-state index < -0.39 is 4.92 Å². The average molecular weight is 464 g/mol. The Bertz CT molecular complexity index is 1110. The Kier molecular flexibility index (Phi) is 8.56. The van der Waals surface area contributed by atoms with Crippen LogP contribution in [0.1, 0.15) is 40.8 Å². The van der Waals surface area contributed by atoms with E-state index in [0.29, 0.717) is 43.8 Å². The Balaban J connectivity index is 1.74. The number of nitro benzene ring substituents is 1. The summed E-state index contributed by atoms with van der Waals surface area (Å²) in [6.45, 7) is 4.89. The quantitative estimate of drug-likeness (QED) is 0.305. The van der Waals surface area contributed by atoms with Crippen molar-refractivity contribution in [3.63, 3.8) is 0 Å². The Labute approximate surface area is 198 Å². The number of hydrogen-bond acceptors (Lipinski definition) is 5. The van der Waals surface area contributed by atoms with E-state index in [0.717, 1.165) is 11.3 Å². The van der Waals surface area contributed by atoms with Crippen LogP contribution in [0.15, 0.2) is 71.1 Å². The predicted molar refractivity (Wildman–Crippen MR) is 128 cm³/mol. The first-order valence-electron chi connectivity index (χ1n) is 11.3. The van der Waals surface area contributed by atoms with E-state index in [1.165, 1.54) is 29.2 Å². The third-order valence-electron chi connectivity index (χ3n) is 5.44. The monoisotopic (exact) mass is 463 g/mol. The van der Waals surface area contributed by atoms with Gasteiger partial charge in [-0.1, -0.05) is 37.3 Å². The molecule has 2 aromatic carbocycles. The van der Waals surface area contributed by atoms with Crippen LogP contribution >= 0.6 is 0 Å². The highest BCUT2D eigenvalue weighted by atomic mass is 16.6. The van der Waals surface area contributed by atoms with E-state index in [-0.39, 0.29) is 24.0 Å². The molecule has 3 aromatic rings. The second-order valence-electron chi connectivity index (χ2n) is 8.09. The Morgan fingerprint density at radius 2 is 1.65 bits per heavy atom. The number of benzene rings is 2. The molecule has 0 aliphatic carbocycles. The number of carbonyl (C=O) groups excluding carboxylic acids is 2. The van der Waals surface area contributed by atoms with E-state index >= 15 is 0 Å². The van der Waals surface area contributed by atoms with E-state index in [9.17, 15) is 19.7 Å². The highest BCUT2D eigenvalue weighted by Gasteiger charge is 2.23. The molecule has 34 heavy (non-hydrogen) atoms. The molecule has 1 aromatic heterocycles. The van der Waals surface area contributed by atoms with Gasteiger partial charge in [-0.15, -0.1) is 0 Å². The fraction of sp³-hybridized carbons (Fsp3) is 0.308. The number of hydrogen-bond donors (Lipinski definition) is 0. The van der Waals surface area contributed by atoms with Crippen molar-refractivity contribution < 1.29 is 18.9 Å². The van der Waals surface area contributed by atoms with Gasteiger partial charge in [0.05, 0.1) is 11.5 Å². The molecule has 2 amide bonds. The molecule has 0 N–H and O–H groups in total. The molecule has 3 rings (SSSR count). The zero-order valence-electron chi connectivity index (χ0n) is 19.5. The second-order valence-corrected chi connectivity index (χ2v) is 8.09. The van der Waals surface area contributed by atoms with Gasteiger partial charge in [0.25, 0.3) is 11.6 Å². The maximum absolute atomic E-state index is 13.3. The molecule has 0 bridgehead atoms. The molecule has 0 fully saturated rings.